The Balaban J connectivity index is 1.54. The second-order valence-corrected chi connectivity index (χ2v) is 7.41. The number of nitrogens with zero attached hydrogens (tertiary/aromatic N) is 1. The van der Waals surface area contributed by atoms with Crippen LogP contribution in [0.5, 0.6) is 0 Å². The smallest absolute Gasteiger partial charge is 0.230 e. The number of carbonyl (C=O) groups excluding carboxylic acids is 1. The van der Waals surface area contributed by atoms with Crippen molar-refractivity contribution >= 4 is 28.1 Å². The van der Waals surface area contributed by atoms with Crippen molar-refractivity contribution < 1.29 is 19.5 Å². The van der Waals surface area contributed by atoms with Crippen LogP contribution in [0.2, 0.25) is 0 Å². The quantitative estimate of drug-likeness (QED) is 0.443. The van der Waals surface area contributed by atoms with Crippen molar-refractivity contribution in [1.82, 2.24) is 4.98 Å². The minimum Gasteiger partial charge on any atom is -0.388 e. The lowest BCUT2D eigenvalue weighted by atomic mass is 10.00. The van der Waals surface area contributed by atoms with Crippen molar-refractivity contribution in [3.63, 3.8) is 0 Å². The number of nitrogen functional groups attached to an aromatic ring is 1. The number of thiazole rings is 1. The van der Waals surface area contributed by atoms with Crippen LogP contribution in [0.4, 0.5) is 10.8 Å². The average Bonchev–Trinajstić information content (AvgIpc) is 3.18. The van der Waals surface area contributed by atoms with E-state index >= 15 is 0 Å². The summed E-state index contributed by atoms with van der Waals surface area (Å²) in [5.41, 5.74) is 6.93. The molecule has 0 radical (unpaired) electrons. The molecule has 0 unspecified atom stereocenters. The molecule has 0 saturated carbocycles. The second-order valence-electron chi connectivity index (χ2n) is 6.58. The maximum absolute atomic E-state index is 12.5. The van der Waals surface area contributed by atoms with Crippen LogP contribution in [-0.4, -0.2) is 16.0 Å². The number of carbonyl (C=O) groups is 1. The van der Waals surface area contributed by atoms with E-state index in [-0.39, 0.29) is 51.5 Å². The van der Waals surface area contributed by atoms with Gasteiger partial charge in [0.2, 0.25) is 5.91 Å². The number of benzene rings is 2. The van der Waals surface area contributed by atoms with Crippen molar-refractivity contribution in [2.24, 2.45) is 0 Å². The Morgan fingerprint density at radius 1 is 1.34 bits per heavy atom. The summed E-state index contributed by atoms with van der Waals surface area (Å²) >= 11 is 0.798. The minimum absolute atomic E-state index is 0.0193. The highest BCUT2D eigenvalue weighted by molar-refractivity contribution is 7.13. The Morgan fingerprint density at radius 2 is 2.14 bits per heavy atom. The van der Waals surface area contributed by atoms with Gasteiger partial charge >= 0.3 is 0 Å². The summed E-state index contributed by atoms with van der Waals surface area (Å²) in [6, 6.07) is 6.11. The van der Waals surface area contributed by atoms with E-state index < -0.39 is 18.4 Å². The Morgan fingerprint density at radius 3 is 2.86 bits per heavy atom. The molecule has 0 bridgehead atoms. The first kappa shape index (κ1) is 13.5. The SMILES string of the molecule is [2H]c1sc(N)nc1C([2H])([2H])C(=O)Nc1ccc(CCCC[C@H](O)c2c([2H])c([2H])c([2H])c(C)c2[2H])cc1. The van der Waals surface area contributed by atoms with Crippen LogP contribution in [-0.2, 0) is 17.6 Å². The molecule has 1 heterocycles. The van der Waals surface area contributed by atoms with Crippen molar-refractivity contribution in [2.45, 2.75) is 45.1 Å². The van der Waals surface area contributed by atoms with E-state index in [0.29, 0.717) is 31.4 Å². The zero-order chi connectivity index (χ0) is 26.8. The van der Waals surface area contributed by atoms with Gasteiger partial charge in [-0.15, -0.1) is 11.3 Å². The van der Waals surface area contributed by atoms with Crippen LogP contribution in [0.25, 0.3) is 0 Å². The first-order chi connectivity index (χ1) is 16.8. The van der Waals surface area contributed by atoms with Gasteiger partial charge in [-0.05, 0) is 49.4 Å². The Bertz CT molecular complexity index is 1240. The van der Waals surface area contributed by atoms with Crippen molar-refractivity contribution in [3.05, 3.63) is 76.2 Å². The number of anilines is 2. The predicted octanol–water partition coefficient (Wildman–Crippen LogP) is 4.66. The molecule has 1 atom stereocenters. The largest absolute Gasteiger partial charge is 0.388 e. The van der Waals surface area contributed by atoms with E-state index in [1.807, 2.05) is 0 Å². The van der Waals surface area contributed by atoms with Gasteiger partial charge in [-0.3, -0.25) is 4.79 Å². The van der Waals surface area contributed by atoms with Crippen LogP contribution in [0.1, 0.15) is 57.3 Å². The van der Waals surface area contributed by atoms with Crippen molar-refractivity contribution in [1.29, 1.82) is 0 Å². The number of aryl methyl sites for hydroxylation is 1. The Kier molecular flexibility index (Phi) is 4.74. The lowest BCUT2D eigenvalue weighted by molar-refractivity contribution is -0.115. The monoisotopic (exact) mass is 416 g/mol. The van der Waals surface area contributed by atoms with E-state index in [1.54, 1.807) is 31.2 Å². The molecule has 29 heavy (non-hydrogen) atoms. The molecule has 3 rings (SSSR count). The molecular formula is C23H27N3O2S. The Labute approximate surface area is 185 Å². The second kappa shape index (κ2) is 10.2. The third-order valence-corrected chi connectivity index (χ3v) is 4.81. The van der Waals surface area contributed by atoms with Gasteiger partial charge in [0, 0.05) is 13.8 Å². The molecule has 0 spiro atoms. The zero-order valence-electron chi connectivity index (χ0n) is 23.0. The molecule has 4 N–H and O–H groups in total. The molecule has 2 aromatic carbocycles. The fraction of sp³-hybridized carbons (Fsp3) is 0.304. The molecule has 0 saturated heterocycles. The van der Waals surface area contributed by atoms with Gasteiger partial charge in [0.05, 0.1) is 25.0 Å². The molecule has 0 aliphatic rings. The van der Waals surface area contributed by atoms with E-state index in [0.717, 1.165) is 16.9 Å². The average molecular weight is 417 g/mol. The molecule has 6 heteroatoms. The topological polar surface area (TPSA) is 88.2 Å². The van der Waals surface area contributed by atoms with E-state index in [9.17, 15) is 9.90 Å². The highest BCUT2D eigenvalue weighted by Gasteiger charge is 2.08. The molecule has 5 nitrogen and oxygen atoms in total. The van der Waals surface area contributed by atoms with Crippen molar-refractivity contribution in [3.8, 4) is 0 Å². The Hall–Kier alpha value is -2.70. The number of unbranched alkanes of at least 4 members (excludes halogenated alkanes) is 1. The van der Waals surface area contributed by atoms with Gasteiger partial charge in [-0.25, -0.2) is 4.98 Å². The lowest BCUT2D eigenvalue weighted by Crippen LogP contribution is -2.14. The summed E-state index contributed by atoms with van der Waals surface area (Å²) in [5.74, 6) is -0.949. The van der Waals surface area contributed by atoms with E-state index in [1.165, 1.54) is 0 Å². The number of nitrogens with one attached hydrogen (secondary N) is 1. The highest BCUT2D eigenvalue weighted by atomic mass is 32.1. The highest BCUT2D eigenvalue weighted by Crippen LogP contribution is 2.21. The van der Waals surface area contributed by atoms with Crippen molar-refractivity contribution in [2.75, 3.05) is 11.1 Å². The predicted molar refractivity (Wildman–Crippen MR) is 119 cm³/mol. The number of nitrogens with two attached hydrogens (primary N) is 1. The summed E-state index contributed by atoms with van der Waals surface area (Å²) in [4.78, 5) is 16.2. The summed E-state index contributed by atoms with van der Waals surface area (Å²) < 4.78 is 55.7. The maximum Gasteiger partial charge on any atom is 0.230 e. The van der Waals surface area contributed by atoms with Crippen LogP contribution in [0, 0.1) is 6.92 Å². The lowest BCUT2D eigenvalue weighted by Gasteiger charge is -2.11. The number of aromatic nitrogens is 1. The number of aliphatic hydroxyl groups excluding tert-OH is 1. The van der Waals surface area contributed by atoms with Crippen LogP contribution < -0.4 is 11.1 Å². The normalized spacial score (nSPS) is 15.9. The fourth-order valence-corrected chi connectivity index (χ4v) is 3.20. The molecule has 0 fully saturated rings. The summed E-state index contributed by atoms with van der Waals surface area (Å²) in [5, 5.41) is 12.8. The molecule has 3 aromatic rings. The van der Waals surface area contributed by atoms with Crippen LogP contribution in [0.15, 0.2) is 53.8 Å². The molecule has 0 aliphatic heterocycles. The fourth-order valence-electron chi connectivity index (χ4n) is 2.77. The summed E-state index contributed by atoms with van der Waals surface area (Å²) in [6.07, 6.45) is -1.25. The molecule has 1 aromatic heterocycles. The number of hydrogen-bond acceptors (Lipinski definition) is 5. The van der Waals surface area contributed by atoms with E-state index in [4.69, 9.17) is 15.3 Å². The molecular weight excluding hydrogens is 382 g/mol. The van der Waals surface area contributed by atoms with Gasteiger partial charge in [-0.2, -0.15) is 0 Å². The third-order valence-electron chi connectivity index (χ3n) is 4.21. The van der Waals surface area contributed by atoms with Crippen LogP contribution >= 0.6 is 11.3 Å². The molecule has 0 aliphatic carbocycles. The zero-order valence-corrected chi connectivity index (χ0v) is 16.8. The molecule has 152 valence electrons. The first-order valence-electron chi connectivity index (χ1n) is 12.7. The first-order valence-corrected chi connectivity index (χ1v) is 10.0. The number of hydrogen-bond donors (Lipinski definition) is 3. The standard InChI is InChI=1S/C23H27N3O2S/c1-16-5-4-7-18(13-16)21(27)8-3-2-6-17-9-11-19(12-10-17)25-22(28)14-20-15-29-23(24)26-20/h4-5,7,9-13,15,21,27H,2-3,6,8,14H2,1H3,(H2,24,26)(H,25,28)/t21-/m0/s1/i4D,5D,7D,13D,14D2,15D. The number of rotatable bonds is 9. The van der Waals surface area contributed by atoms with Gasteiger partial charge in [-0.1, -0.05) is 48.3 Å². The van der Waals surface area contributed by atoms with Gasteiger partial charge < -0.3 is 16.2 Å². The third kappa shape index (κ3) is 6.69. The van der Waals surface area contributed by atoms with Crippen LogP contribution in [0.3, 0.4) is 0 Å². The number of aliphatic hydroxyl groups is 1. The van der Waals surface area contributed by atoms with E-state index in [2.05, 4.69) is 10.3 Å². The molecule has 1 amide bonds. The minimum atomic E-state index is -2.51. The van der Waals surface area contributed by atoms with Gasteiger partial charge in [0.15, 0.2) is 5.13 Å². The summed E-state index contributed by atoms with van der Waals surface area (Å²) in [7, 11) is 0. The summed E-state index contributed by atoms with van der Waals surface area (Å²) in [6.45, 7) is 1.54. The maximum atomic E-state index is 12.5. The number of amides is 1. The van der Waals surface area contributed by atoms with Gasteiger partial charge in [0.25, 0.3) is 0 Å². The van der Waals surface area contributed by atoms with Gasteiger partial charge in [0.1, 0.15) is 0 Å².